The van der Waals surface area contributed by atoms with Crippen LogP contribution in [0, 0.1) is 0 Å². The van der Waals surface area contributed by atoms with E-state index < -0.39 is 48.0 Å². The lowest BCUT2D eigenvalue weighted by molar-refractivity contribution is -0.139. The monoisotopic (exact) mass is 781 g/mol. The van der Waals surface area contributed by atoms with Crippen molar-refractivity contribution in [1.29, 1.82) is 0 Å². The lowest BCUT2D eigenvalue weighted by atomic mass is 10.1. The second kappa shape index (κ2) is 38.8. The molecule has 0 spiro atoms. The van der Waals surface area contributed by atoms with Gasteiger partial charge in [0, 0.05) is 6.04 Å². The highest BCUT2D eigenvalue weighted by molar-refractivity contribution is 5.73. The van der Waals surface area contributed by atoms with Gasteiger partial charge in [-0.2, -0.15) is 0 Å². The van der Waals surface area contributed by atoms with Gasteiger partial charge in [0.05, 0.1) is 0 Å². The summed E-state index contributed by atoms with van der Waals surface area (Å²) in [6.07, 6.45) is 8.86. The number of rotatable bonds is 29. The summed E-state index contributed by atoms with van der Waals surface area (Å²) in [4.78, 5) is 50.6. The Morgan fingerprint density at radius 3 is 0.981 bits per heavy atom. The van der Waals surface area contributed by atoms with Crippen LogP contribution < -0.4 is 22.9 Å². The van der Waals surface area contributed by atoms with Gasteiger partial charge in [0.15, 0.2) is 0 Å². The molecule has 0 aliphatic carbocycles. The lowest BCUT2D eigenvalue weighted by Crippen LogP contribution is -2.32. The van der Waals surface area contributed by atoms with Crippen LogP contribution in [0.25, 0.3) is 0 Å². The molecule has 0 rings (SSSR count). The third kappa shape index (κ3) is 39.3. The molecular formula is C38H84N8O8. The number of nitrogens with two attached hydrogens (primary N) is 4. The van der Waals surface area contributed by atoms with E-state index in [1.165, 1.54) is 0 Å². The van der Waals surface area contributed by atoms with E-state index in [4.69, 9.17) is 43.4 Å². The van der Waals surface area contributed by atoms with E-state index in [2.05, 4.69) is 68.1 Å². The molecule has 0 heterocycles. The molecule has 0 fully saturated rings. The summed E-state index contributed by atoms with van der Waals surface area (Å²) >= 11 is 0. The Morgan fingerprint density at radius 1 is 0.444 bits per heavy atom. The SMILES string of the molecule is CCN(CC)CCCC[C@H](N)C(=O)O.CCN(CC)CCC[C@H](N)C(=O)O.CCN(CCCC[C@H](N)C(=O)O)C(C)C.CN(C)CCCC[C@H](N)C(=O)O. The Bertz CT molecular complexity index is 909. The van der Waals surface area contributed by atoms with E-state index in [9.17, 15) is 19.2 Å². The van der Waals surface area contributed by atoms with E-state index in [0.717, 1.165) is 104 Å². The zero-order chi connectivity index (χ0) is 42.6. The molecule has 0 aromatic heterocycles. The van der Waals surface area contributed by atoms with Gasteiger partial charge in [-0.3, -0.25) is 19.2 Å². The van der Waals surface area contributed by atoms with Crippen molar-refractivity contribution in [2.24, 2.45) is 22.9 Å². The first-order chi connectivity index (χ1) is 25.2. The topological polar surface area (TPSA) is 266 Å². The normalized spacial score (nSPS) is 13.3. The predicted octanol–water partition coefficient (Wildman–Crippen LogP) is 2.86. The van der Waals surface area contributed by atoms with Gasteiger partial charge in [0.1, 0.15) is 24.2 Å². The molecule has 0 radical (unpaired) electrons. The van der Waals surface area contributed by atoms with E-state index in [0.29, 0.717) is 31.7 Å². The minimum absolute atomic E-state index is 0.558. The van der Waals surface area contributed by atoms with Crippen molar-refractivity contribution < 1.29 is 39.6 Å². The Balaban J connectivity index is -0.000000310. The zero-order valence-electron chi connectivity index (χ0n) is 35.5. The maximum atomic E-state index is 10.5. The highest BCUT2D eigenvalue weighted by Gasteiger charge is 2.13. The summed E-state index contributed by atoms with van der Waals surface area (Å²) in [5.41, 5.74) is 21.5. The van der Waals surface area contributed by atoms with Crippen LogP contribution in [0.1, 0.15) is 119 Å². The molecule has 0 bridgehead atoms. The van der Waals surface area contributed by atoms with Gasteiger partial charge in [-0.1, -0.05) is 53.9 Å². The average molecular weight is 781 g/mol. The van der Waals surface area contributed by atoms with Gasteiger partial charge < -0.3 is 63.0 Å². The van der Waals surface area contributed by atoms with Crippen molar-refractivity contribution in [1.82, 2.24) is 19.6 Å². The van der Waals surface area contributed by atoms with Crippen molar-refractivity contribution in [2.45, 2.75) is 149 Å². The zero-order valence-corrected chi connectivity index (χ0v) is 35.5. The summed E-state index contributed by atoms with van der Waals surface area (Å²) in [7, 11) is 3.99. The highest BCUT2D eigenvalue weighted by atomic mass is 16.4. The van der Waals surface area contributed by atoms with Gasteiger partial charge in [0.2, 0.25) is 0 Å². The Hall–Kier alpha value is -2.44. The number of unbranched alkanes of at least 4 members (excludes halogenated alkanes) is 3. The molecule has 16 heteroatoms. The number of hydrogen-bond acceptors (Lipinski definition) is 12. The Kier molecular flexibility index (Phi) is 41.9. The van der Waals surface area contributed by atoms with Crippen LogP contribution in [0.5, 0.6) is 0 Å². The van der Waals surface area contributed by atoms with Gasteiger partial charge in [-0.25, -0.2) is 0 Å². The quantitative estimate of drug-likeness (QED) is 0.0507. The van der Waals surface area contributed by atoms with Gasteiger partial charge in [-0.15, -0.1) is 0 Å². The van der Waals surface area contributed by atoms with Gasteiger partial charge in [0.25, 0.3) is 0 Å². The summed E-state index contributed by atoms with van der Waals surface area (Å²) in [6, 6.07) is -2.21. The minimum Gasteiger partial charge on any atom is -0.480 e. The highest BCUT2D eigenvalue weighted by Crippen LogP contribution is 2.05. The molecule has 0 aliphatic heterocycles. The summed E-state index contributed by atoms with van der Waals surface area (Å²) in [5.74, 6) is -3.60. The van der Waals surface area contributed by atoms with Crippen molar-refractivity contribution in [3.8, 4) is 0 Å². The first-order valence-corrected chi connectivity index (χ1v) is 20.0. The molecule has 0 amide bonds. The van der Waals surface area contributed by atoms with Crippen LogP contribution in [-0.4, -0.2) is 167 Å². The molecule has 324 valence electrons. The summed E-state index contributed by atoms with van der Waals surface area (Å²) < 4.78 is 0. The largest absolute Gasteiger partial charge is 0.480 e. The van der Waals surface area contributed by atoms with Crippen molar-refractivity contribution in [3.63, 3.8) is 0 Å². The first-order valence-electron chi connectivity index (χ1n) is 20.0. The molecule has 16 nitrogen and oxygen atoms in total. The number of carboxylic acid groups (broad SMARTS) is 4. The third-order valence-electron chi connectivity index (χ3n) is 9.00. The maximum absolute atomic E-state index is 10.5. The number of aliphatic carboxylic acids is 4. The molecule has 0 saturated carbocycles. The lowest BCUT2D eigenvalue weighted by Gasteiger charge is -2.24. The number of hydrogen-bond donors (Lipinski definition) is 8. The molecule has 0 aromatic rings. The van der Waals surface area contributed by atoms with Crippen LogP contribution in [0.15, 0.2) is 0 Å². The molecule has 4 atom stereocenters. The Labute approximate surface area is 327 Å². The molecule has 0 aromatic carbocycles. The standard InChI is InChI=1S/C11H24N2O2.C10H22N2O2.C9H20N2O2.C8H18N2O2/c1-4-13(9(2)3)8-6-5-7-10(12)11(14)15;1-3-12(4-2)8-6-5-7-9(11)10(13)14;1-3-11(4-2)7-5-6-8(10)9(12)13;1-10(2)6-4-3-5-7(9)8(11)12/h9-10H,4-8,12H2,1-3H3,(H,14,15);9H,3-8,11H2,1-2H3,(H,13,14);8H,3-7,10H2,1-2H3,(H,12,13);7H,3-6,9H2,1-2H3,(H,11,12)/t10-;9-;8-;7-/m0000/s1. The fourth-order valence-electron chi connectivity index (χ4n) is 5.06. The molecular weight excluding hydrogens is 696 g/mol. The van der Waals surface area contributed by atoms with Gasteiger partial charge in [-0.05, 0) is 138 Å². The van der Waals surface area contributed by atoms with Crippen LogP contribution in [0.2, 0.25) is 0 Å². The van der Waals surface area contributed by atoms with Crippen molar-refractivity contribution >= 4 is 23.9 Å². The molecule has 0 aliphatic rings. The predicted molar refractivity (Wildman–Crippen MR) is 220 cm³/mol. The van der Waals surface area contributed by atoms with Crippen LogP contribution in [0.4, 0.5) is 0 Å². The molecule has 0 saturated heterocycles. The van der Waals surface area contributed by atoms with Crippen LogP contribution in [0.3, 0.4) is 0 Å². The van der Waals surface area contributed by atoms with E-state index in [-0.39, 0.29) is 0 Å². The smallest absolute Gasteiger partial charge is 0.320 e. The second-order valence-electron chi connectivity index (χ2n) is 14.0. The van der Waals surface area contributed by atoms with Crippen LogP contribution in [-0.2, 0) is 19.2 Å². The van der Waals surface area contributed by atoms with E-state index in [1.807, 2.05) is 14.1 Å². The summed E-state index contributed by atoms with van der Waals surface area (Å²) in [5, 5.41) is 34.1. The molecule has 12 N–H and O–H groups in total. The minimum atomic E-state index is -0.903. The van der Waals surface area contributed by atoms with Gasteiger partial charge >= 0.3 is 23.9 Å². The average Bonchev–Trinajstić information content (AvgIpc) is 3.11. The van der Waals surface area contributed by atoms with Crippen molar-refractivity contribution in [2.75, 3.05) is 73.0 Å². The van der Waals surface area contributed by atoms with Crippen molar-refractivity contribution in [3.05, 3.63) is 0 Å². The molecule has 54 heavy (non-hydrogen) atoms. The number of nitrogens with zero attached hydrogens (tertiary/aromatic N) is 4. The molecule has 0 unspecified atom stereocenters. The maximum Gasteiger partial charge on any atom is 0.320 e. The fourth-order valence-corrected chi connectivity index (χ4v) is 5.06. The van der Waals surface area contributed by atoms with E-state index in [1.54, 1.807) is 0 Å². The summed E-state index contributed by atoms with van der Waals surface area (Å²) in [6.45, 7) is 24.1. The second-order valence-corrected chi connectivity index (χ2v) is 14.0. The third-order valence-corrected chi connectivity index (χ3v) is 9.00. The number of carboxylic acids is 4. The first kappa shape index (κ1) is 58.3. The van der Waals surface area contributed by atoms with E-state index >= 15 is 0 Å². The Morgan fingerprint density at radius 2 is 0.722 bits per heavy atom. The fraction of sp³-hybridized carbons (Fsp3) is 0.895. The number of carbonyl (C=O) groups is 4. The van der Waals surface area contributed by atoms with Crippen LogP contribution >= 0.6 is 0 Å².